The molecule has 0 aliphatic carbocycles. The van der Waals surface area contributed by atoms with Crippen molar-refractivity contribution in [3.63, 3.8) is 0 Å². The Hall–Kier alpha value is -2.69. The molecule has 2 aromatic carbocycles. The number of benzene rings is 2. The molecule has 1 amide bonds. The standard InChI is InChI=1S/C16H9BrClN3O3/c17-12-3-1-10(2-4-12)7-11(9-19)16(22)20-14-6-5-13(18)8-15(14)21(23)24/h1-8H,(H,20,22)/b11-7+. The Bertz CT molecular complexity index is 873. The van der Waals surface area contributed by atoms with Crippen LogP contribution < -0.4 is 5.32 Å². The van der Waals surface area contributed by atoms with Crippen molar-refractivity contribution in [3.05, 3.63) is 73.2 Å². The molecular weight excluding hydrogens is 398 g/mol. The molecule has 0 heterocycles. The van der Waals surface area contributed by atoms with E-state index in [0.29, 0.717) is 5.56 Å². The molecule has 0 aliphatic heterocycles. The van der Waals surface area contributed by atoms with Gasteiger partial charge in [0, 0.05) is 15.6 Å². The molecule has 0 saturated heterocycles. The number of nitrogens with zero attached hydrogens (tertiary/aromatic N) is 2. The topological polar surface area (TPSA) is 96.0 Å². The normalized spacial score (nSPS) is 10.8. The van der Waals surface area contributed by atoms with Crippen LogP contribution in [0.5, 0.6) is 0 Å². The van der Waals surface area contributed by atoms with Crippen LogP contribution in [0.1, 0.15) is 5.56 Å². The molecule has 2 aromatic rings. The molecule has 0 aromatic heterocycles. The second-order valence-corrected chi connectivity index (χ2v) is 5.95. The Morgan fingerprint density at radius 3 is 2.54 bits per heavy atom. The molecule has 0 radical (unpaired) electrons. The van der Waals surface area contributed by atoms with Crippen molar-refractivity contribution in [2.45, 2.75) is 0 Å². The summed E-state index contributed by atoms with van der Waals surface area (Å²) in [5.74, 6) is -0.745. The summed E-state index contributed by atoms with van der Waals surface area (Å²) in [6.45, 7) is 0. The highest BCUT2D eigenvalue weighted by Gasteiger charge is 2.18. The number of hydrogen-bond donors (Lipinski definition) is 1. The van der Waals surface area contributed by atoms with Crippen molar-refractivity contribution < 1.29 is 9.72 Å². The minimum atomic E-state index is -0.745. The van der Waals surface area contributed by atoms with E-state index in [1.807, 2.05) is 0 Å². The number of carbonyl (C=O) groups excluding carboxylic acids is 1. The minimum Gasteiger partial charge on any atom is -0.316 e. The number of nitriles is 1. The second-order valence-electron chi connectivity index (χ2n) is 4.59. The number of nitro benzene ring substituents is 1. The number of nitrogens with one attached hydrogen (secondary N) is 1. The third-order valence-corrected chi connectivity index (χ3v) is 3.71. The van der Waals surface area contributed by atoms with Gasteiger partial charge in [-0.2, -0.15) is 5.26 Å². The first kappa shape index (κ1) is 17.7. The average Bonchev–Trinajstić information content (AvgIpc) is 2.55. The van der Waals surface area contributed by atoms with Crippen molar-refractivity contribution in [1.82, 2.24) is 0 Å². The third kappa shape index (κ3) is 4.41. The van der Waals surface area contributed by atoms with Gasteiger partial charge in [-0.3, -0.25) is 14.9 Å². The lowest BCUT2D eigenvalue weighted by molar-refractivity contribution is -0.383. The lowest BCUT2D eigenvalue weighted by Gasteiger charge is -2.05. The Labute approximate surface area is 150 Å². The molecule has 120 valence electrons. The monoisotopic (exact) mass is 405 g/mol. The first-order chi connectivity index (χ1) is 11.4. The van der Waals surface area contributed by atoms with Gasteiger partial charge in [-0.25, -0.2) is 0 Å². The van der Waals surface area contributed by atoms with Crippen LogP contribution in [0.25, 0.3) is 6.08 Å². The minimum absolute atomic E-state index is 0.0358. The van der Waals surface area contributed by atoms with Crippen LogP contribution in [-0.2, 0) is 4.79 Å². The van der Waals surface area contributed by atoms with Crippen molar-refractivity contribution >= 4 is 50.9 Å². The fraction of sp³-hybridized carbons (Fsp3) is 0. The molecule has 2 rings (SSSR count). The predicted octanol–water partition coefficient (Wildman–Crippen LogP) is 4.56. The third-order valence-electron chi connectivity index (χ3n) is 2.95. The van der Waals surface area contributed by atoms with Gasteiger partial charge < -0.3 is 5.32 Å². The molecule has 0 fully saturated rings. The highest BCUT2D eigenvalue weighted by molar-refractivity contribution is 9.10. The molecule has 0 spiro atoms. The second kappa shape index (κ2) is 7.73. The van der Waals surface area contributed by atoms with E-state index < -0.39 is 10.8 Å². The molecule has 0 atom stereocenters. The number of carbonyl (C=O) groups is 1. The zero-order valence-corrected chi connectivity index (χ0v) is 14.3. The van der Waals surface area contributed by atoms with E-state index in [1.54, 1.807) is 30.3 Å². The zero-order chi connectivity index (χ0) is 17.7. The van der Waals surface area contributed by atoms with Crippen molar-refractivity contribution in [2.75, 3.05) is 5.32 Å². The van der Waals surface area contributed by atoms with Crippen molar-refractivity contribution in [1.29, 1.82) is 5.26 Å². The number of anilines is 1. The van der Waals surface area contributed by atoms with Gasteiger partial charge in [-0.1, -0.05) is 39.7 Å². The van der Waals surface area contributed by atoms with Gasteiger partial charge in [0.05, 0.1) is 4.92 Å². The van der Waals surface area contributed by atoms with E-state index >= 15 is 0 Å². The van der Waals surface area contributed by atoms with Crippen molar-refractivity contribution in [2.24, 2.45) is 0 Å². The summed E-state index contributed by atoms with van der Waals surface area (Å²) in [5, 5.41) is 22.7. The highest BCUT2D eigenvalue weighted by atomic mass is 79.9. The quantitative estimate of drug-likeness (QED) is 0.348. The smallest absolute Gasteiger partial charge is 0.294 e. The maximum atomic E-state index is 12.2. The summed E-state index contributed by atoms with van der Waals surface area (Å²) in [5.41, 5.74) is 0.0835. The maximum absolute atomic E-state index is 12.2. The molecule has 1 N–H and O–H groups in total. The van der Waals surface area contributed by atoms with Crippen LogP contribution in [0.2, 0.25) is 5.02 Å². The summed E-state index contributed by atoms with van der Waals surface area (Å²) in [6, 6.07) is 12.6. The zero-order valence-electron chi connectivity index (χ0n) is 12.0. The molecule has 6 nitrogen and oxygen atoms in total. The van der Waals surface area contributed by atoms with E-state index in [-0.39, 0.29) is 22.0 Å². The van der Waals surface area contributed by atoms with Gasteiger partial charge in [0.2, 0.25) is 0 Å². The first-order valence-electron chi connectivity index (χ1n) is 6.53. The van der Waals surface area contributed by atoms with Crippen LogP contribution >= 0.6 is 27.5 Å². The molecule has 0 saturated carbocycles. The molecule has 0 bridgehead atoms. The Balaban J connectivity index is 2.29. The summed E-state index contributed by atoms with van der Waals surface area (Å²) in [4.78, 5) is 22.6. The molecule has 0 unspecified atom stereocenters. The van der Waals surface area contributed by atoms with E-state index in [1.165, 1.54) is 18.2 Å². The summed E-state index contributed by atoms with van der Waals surface area (Å²) < 4.78 is 0.861. The van der Waals surface area contributed by atoms with Gasteiger partial charge >= 0.3 is 0 Å². The van der Waals surface area contributed by atoms with Gasteiger partial charge in [0.1, 0.15) is 17.3 Å². The van der Waals surface area contributed by atoms with Crippen LogP contribution in [0.3, 0.4) is 0 Å². The van der Waals surface area contributed by atoms with E-state index in [9.17, 15) is 14.9 Å². The average molecular weight is 407 g/mol. The SMILES string of the molecule is N#C/C(=C\c1ccc(Br)cc1)C(=O)Nc1ccc(Cl)cc1[N+](=O)[O-]. The van der Waals surface area contributed by atoms with E-state index in [4.69, 9.17) is 16.9 Å². The van der Waals surface area contributed by atoms with Crippen LogP contribution in [-0.4, -0.2) is 10.8 Å². The summed E-state index contributed by atoms with van der Waals surface area (Å²) >= 11 is 9.01. The van der Waals surface area contributed by atoms with Crippen LogP contribution in [0.15, 0.2) is 52.5 Å². The van der Waals surface area contributed by atoms with Gasteiger partial charge in [-0.05, 0) is 35.9 Å². The van der Waals surface area contributed by atoms with Crippen LogP contribution in [0.4, 0.5) is 11.4 Å². The molecule has 24 heavy (non-hydrogen) atoms. The largest absolute Gasteiger partial charge is 0.316 e. The number of rotatable bonds is 4. The number of amides is 1. The molecule has 0 aliphatic rings. The number of nitro groups is 1. The fourth-order valence-corrected chi connectivity index (χ4v) is 2.26. The van der Waals surface area contributed by atoms with Crippen LogP contribution in [0, 0.1) is 21.4 Å². The number of halogens is 2. The maximum Gasteiger partial charge on any atom is 0.294 e. The lowest BCUT2D eigenvalue weighted by atomic mass is 10.1. The Morgan fingerprint density at radius 1 is 1.29 bits per heavy atom. The van der Waals surface area contributed by atoms with E-state index in [2.05, 4.69) is 21.2 Å². The van der Waals surface area contributed by atoms with E-state index in [0.717, 1.165) is 10.5 Å². The highest BCUT2D eigenvalue weighted by Crippen LogP contribution is 2.28. The first-order valence-corrected chi connectivity index (χ1v) is 7.70. The molecule has 8 heteroatoms. The van der Waals surface area contributed by atoms with Gasteiger partial charge in [0.15, 0.2) is 0 Å². The lowest BCUT2D eigenvalue weighted by Crippen LogP contribution is -2.14. The summed E-state index contributed by atoms with van der Waals surface area (Å²) in [6.07, 6.45) is 1.39. The predicted molar refractivity (Wildman–Crippen MR) is 94.5 cm³/mol. The number of hydrogen-bond acceptors (Lipinski definition) is 4. The van der Waals surface area contributed by atoms with Gasteiger partial charge in [-0.15, -0.1) is 0 Å². The van der Waals surface area contributed by atoms with Crippen molar-refractivity contribution in [3.8, 4) is 6.07 Å². The fourth-order valence-electron chi connectivity index (χ4n) is 1.83. The Morgan fingerprint density at radius 2 is 1.96 bits per heavy atom. The van der Waals surface area contributed by atoms with Gasteiger partial charge in [0.25, 0.3) is 11.6 Å². The summed E-state index contributed by atoms with van der Waals surface area (Å²) in [7, 11) is 0. The molecular formula is C16H9BrClN3O3. The Kier molecular flexibility index (Phi) is 5.68.